The van der Waals surface area contributed by atoms with Crippen molar-refractivity contribution in [1.29, 1.82) is 0 Å². The molecule has 34 heavy (non-hydrogen) atoms. The summed E-state index contributed by atoms with van der Waals surface area (Å²) in [5, 5.41) is 11.3. The van der Waals surface area contributed by atoms with Gasteiger partial charge < -0.3 is 19.6 Å². The van der Waals surface area contributed by atoms with Crippen LogP contribution in [0.3, 0.4) is 0 Å². The number of hydrogen-bond acceptors (Lipinski definition) is 5. The number of likely N-dealkylation sites (tertiary alicyclic amines) is 1. The number of halogens is 1. The normalized spacial score (nSPS) is 21.3. The fraction of sp³-hybridized carbons (Fsp3) is 0.407. The first-order chi connectivity index (χ1) is 16.3. The summed E-state index contributed by atoms with van der Waals surface area (Å²) in [6.45, 7) is 9.37. The zero-order chi connectivity index (χ0) is 24.4. The van der Waals surface area contributed by atoms with E-state index >= 15 is 0 Å². The number of rotatable bonds is 8. The summed E-state index contributed by atoms with van der Waals surface area (Å²) < 4.78 is 6.68. The van der Waals surface area contributed by atoms with Crippen molar-refractivity contribution in [2.24, 2.45) is 0 Å². The maximum Gasteiger partial charge on any atom is 0.295 e. The van der Waals surface area contributed by atoms with Crippen molar-refractivity contribution in [1.82, 2.24) is 9.80 Å². The Kier molecular flexibility index (Phi) is 7.43. The van der Waals surface area contributed by atoms with Gasteiger partial charge in [-0.05, 0) is 74.4 Å². The van der Waals surface area contributed by atoms with Crippen LogP contribution in [-0.4, -0.2) is 58.9 Å². The lowest BCUT2D eigenvalue weighted by molar-refractivity contribution is -0.140. The Balaban J connectivity index is 1.72. The number of carbonyl (C=O) groups excluding carboxylic acids is 2. The number of ketones is 1. The predicted octanol–water partition coefficient (Wildman–Crippen LogP) is 4.93. The van der Waals surface area contributed by atoms with E-state index in [0.29, 0.717) is 12.1 Å². The van der Waals surface area contributed by atoms with E-state index in [9.17, 15) is 14.7 Å². The van der Waals surface area contributed by atoms with E-state index in [2.05, 4.69) is 34.7 Å². The Morgan fingerprint density at radius 1 is 1.15 bits per heavy atom. The van der Waals surface area contributed by atoms with Crippen LogP contribution in [-0.2, 0) is 16.0 Å². The summed E-state index contributed by atoms with van der Waals surface area (Å²) in [7, 11) is 0. The highest BCUT2D eigenvalue weighted by Gasteiger charge is 2.45. The van der Waals surface area contributed by atoms with Gasteiger partial charge in [0.05, 0.1) is 11.6 Å². The topological polar surface area (TPSA) is 70.1 Å². The molecule has 0 aromatic heterocycles. The van der Waals surface area contributed by atoms with Gasteiger partial charge in [-0.1, -0.05) is 41.9 Å². The molecule has 0 unspecified atom stereocenters. The molecule has 2 aliphatic heterocycles. The Labute approximate surface area is 209 Å². The number of hydrogen-bond donors (Lipinski definition) is 1. The monoisotopic (exact) mass is 526 g/mol. The fourth-order valence-electron chi connectivity index (χ4n) is 4.83. The molecule has 0 bridgehead atoms. The Morgan fingerprint density at radius 3 is 2.53 bits per heavy atom. The van der Waals surface area contributed by atoms with Gasteiger partial charge in [-0.15, -0.1) is 0 Å². The van der Waals surface area contributed by atoms with Gasteiger partial charge >= 0.3 is 0 Å². The van der Waals surface area contributed by atoms with Gasteiger partial charge in [0, 0.05) is 23.0 Å². The zero-order valence-corrected chi connectivity index (χ0v) is 21.5. The van der Waals surface area contributed by atoms with Crippen LogP contribution in [0, 0.1) is 0 Å². The van der Waals surface area contributed by atoms with Crippen molar-refractivity contribution in [2.45, 2.75) is 45.8 Å². The Bertz CT molecular complexity index is 1110. The number of Topliss-reactive ketones (excluding diaryl/α,β-unsaturated/α-hetero) is 1. The second kappa shape index (κ2) is 10.3. The molecule has 180 valence electrons. The first-order valence-electron chi connectivity index (χ1n) is 11.9. The van der Waals surface area contributed by atoms with Gasteiger partial charge in [0.15, 0.2) is 0 Å². The molecule has 0 aliphatic carbocycles. The molecule has 2 heterocycles. The smallest absolute Gasteiger partial charge is 0.295 e. The number of benzene rings is 2. The van der Waals surface area contributed by atoms with Crippen LogP contribution < -0.4 is 4.74 Å². The number of aliphatic hydroxyl groups excluding tert-OH is 1. The third kappa shape index (κ3) is 4.77. The molecule has 2 atom stereocenters. The SMILES string of the molecule is CCN(CC)CCCN1C(=O)C(=O)C(=C(O)c2ccc3c(c2)C[C@H](C)O3)[C@H]1c1ccc(Br)cc1. The summed E-state index contributed by atoms with van der Waals surface area (Å²) >= 11 is 3.45. The van der Waals surface area contributed by atoms with Gasteiger partial charge in [-0.25, -0.2) is 0 Å². The van der Waals surface area contributed by atoms with Crippen molar-refractivity contribution in [3.05, 3.63) is 69.2 Å². The second-order valence-electron chi connectivity index (χ2n) is 8.88. The van der Waals surface area contributed by atoms with Crippen molar-refractivity contribution in [3.63, 3.8) is 0 Å². The van der Waals surface area contributed by atoms with Crippen LogP contribution in [0.4, 0.5) is 0 Å². The molecule has 2 aromatic rings. The number of nitrogens with zero attached hydrogens (tertiary/aromatic N) is 2. The number of aliphatic hydroxyl groups is 1. The minimum atomic E-state index is -0.640. The van der Waals surface area contributed by atoms with E-state index in [0.717, 1.165) is 53.8 Å². The molecule has 6 nitrogen and oxygen atoms in total. The maximum atomic E-state index is 13.2. The van der Waals surface area contributed by atoms with Crippen molar-refractivity contribution >= 4 is 33.4 Å². The molecular weight excluding hydrogens is 496 g/mol. The summed E-state index contributed by atoms with van der Waals surface area (Å²) in [5.74, 6) is -0.546. The van der Waals surface area contributed by atoms with Crippen LogP contribution in [0.25, 0.3) is 5.76 Å². The van der Waals surface area contributed by atoms with Gasteiger partial charge in [0.1, 0.15) is 17.6 Å². The first-order valence-corrected chi connectivity index (χ1v) is 12.7. The molecular formula is C27H31BrN2O4. The average molecular weight is 527 g/mol. The number of ether oxygens (including phenoxy) is 1. The molecule has 0 saturated carbocycles. The molecule has 1 fully saturated rings. The van der Waals surface area contributed by atoms with Crippen molar-refractivity contribution in [2.75, 3.05) is 26.2 Å². The van der Waals surface area contributed by atoms with E-state index in [1.807, 2.05) is 43.3 Å². The maximum absolute atomic E-state index is 13.2. The van der Waals surface area contributed by atoms with Crippen molar-refractivity contribution < 1.29 is 19.4 Å². The minimum absolute atomic E-state index is 0.0755. The summed E-state index contributed by atoms with van der Waals surface area (Å²) in [6, 6.07) is 12.4. The third-order valence-corrected chi connectivity index (χ3v) is 7.19. The molecule has 7 heteroatoms. The highest BCUT2D eigenvalue weighted by Crippen LogP contribution is 2.41. The molecule has 1 amide bonds. The van der Waals surface area contributed by atoms with Crippen LogP contribution in [0.15, 0.2) is 52.5 Å². The highest BCUT2D eigenvalue weighted by atomic mass is 79.9. The molecule has 4 rings (SSSR count). The molecule has 2 aliphatic rings. The van der Waals surface area contributed by atoms with Gasteiger partial charge in [0.25, 0.3) is 11.7 Å². The lowest BCUT2D eigenvalue weighted by atomic mass is 9.94. The van der Waals surface area contributed by atoms with Crippen LogP contribution >= 0.6 is 15.9 Å². The molecule has 1 N–H and O–H groups in total. The zero-order valence-electron chi connectivity index (χ0n) is 19.9. The highest BCUT2D eigenvalue weighted by molar-refractivity contribution is 9.10. The van der Waals surface area contributed by atoms with Crippen LogP contribution in [0.1, 0.15) is 49.9 Å². The quantitative estimate of drug-likeness (QED) is 0.300. The van der Waals surface area contributed by atoms with E-state index in [4.69, 9.17) is 4.74 Å². The molecule has 0 spiro atoms. The molecule has 0 radical (unpaired) electrons. The van der Waals surface area contributed by atoms with E-state index in [1.165, 1.54) is 0 Å². The first kappa shape index (κ1) is 24.5. The Hall–Kier alpha value is -2.64. The second-order valence-corrected chi connectivity index (χ2v) is 9.80. The predicted molar refractivity (Wildman–Crippen MR) is 136 cm³/mol. The van der Waals surface area contributed by atoms with E-state index in [1.54, 1.807) is 11.0 Å². The lowest BCUT2D eigenvalue weighted by Gasteiger charge is -2.27. The Morgan fingerprint density at radius 2 is 1.85 bits per heavy atom. The van der Waals surface area contributed by atoms with Crippen LogP contribution in [0.2, 0.25) is 0 Å². The number of amides is 1. The standard InChI is InChI=1S/C27H31BrN2O4/c1-4-29(5-2)13-6-14-30-24(18-7-10-21(28)11-8-18)23(26(32)27(30)33)25(31)19-9-12-22-20(16-19)15-17(3)34-22/h7-12,16-17,24,31H,4-6,13-15H2,1-3H3/t17-,24+/m0/s1. The number of fused-ring (bicyclic) bond motifs is 1. The average Bonchev–Trinajstić information content (AvgIpc) is 3.32. The largest absolute Gasteiger partial charge is 0.507 e. The van der Waals surface area contributed by atoms with Gasteiger partial charge in [-0.3, -0.25) is 9.59 Å². The lowest BCUT2D eigenvalue weighted by Crippen LogP contribution is -2.33. The number of carbonyl (C=O) groups is 2. The van der Waals surface area contributed by atoms with Gasteiger partial charge in [0.2, 0.25) is 0 Å². The summed E-state index contributed by atoms with van der Waals surface area (Å²) in [4.78, 5) is 30.3. The van der Waals surface area contributed by atoms with Crippen molar-refractivity contribution in [3.8, 4) is 5.75 Å². The summed E-state index contributed by atoms with van der Waals surface area (Å²) in [5.41, 5.74) is 2.46. The summed E-state index contributed by atoms with van der Waals surface area (Å²) in [6.07, 6.45) is 1.56. The van der Waals surface area contributed by atoms with Crippen LogP contribution in [0.5, 0.6) is 5.75 Å². The molecule has 2 aromatic carbocycles. The third-order valence-electron chi connectivity index (χ3n) is 6.66. The van der Waals surface area contributed by atoms with Gasteiger partial charge in [-0.2, -0.15) is 0 Å². The van der Waals surface area contributed by atoms with E-state index < -0.39 is 17.7 Å². The minimum Gasteiger partial charge on any atom is -0.507 e. The molecule has 1 saturated heterocycles. The van der Waals surface area contributed by atoms with E-state index in [-0.39, 0.29) is 17.4 Å². The fourth-order valence-corrected chi connectivity index (χ4v) is 5.10.